The maximum atomic E-state index is 11.6. The molecule has 0 aromatic heterocycles. The quantitative estimate of drug-likeness (QED) is 0.797. The monoisotopic (exact) mass is 261 g/mol. The van der Waals surface area contributed by atoms with E-state index in [1.54, 1.807) is 0 Å². The van der Waals surface area contributed by atoms with Gasteiger partial charge in [0.1, 0.15) is 0 Å². The SMILES string of the molecule is N[C@@H]1CCCC[C@H]1N=Cc1cc(C(=O)O)ccc1[O-]. The molecule has 1 fully saturated rings. The molecule has 5 nitrogen and oxygen atoms in total. The van der Waals surface area contributed by atoms with Gasteiger partial charge in [-0.05, 0) is 30.5 Å². The van der Waals surface area contributed by atoms with Crippen molar-refractivity contribution in [3.8, 4) is 5.75 Å². The van der Waals surface area contributed by atoms with E-state index < -0.39 is 5.97 Å². The number of aromatic carboxylic acids is 1. The molecule has 1 aromatic carbocycles. The molecule has 0 bridgehead atoms. The van der Waals surface area contributed by atoms with Crippen molar-refractivity contribution in [2.45, 2.75) is 37.8 Å². The molecule has 0 unspecified atom stereocenters. The van der Waals surface area contributed by atoms with Crippen LogP contribution in [0.5, 0.6) is 5.75 Å². The van der Waals surface area contributed by atoms with Crippen LogP contribution in [0.15, 0.2) is 23.2 Å². The van der Waals surface area contributed by atoms with Crippen LogP contribution in [0.25, 0.3) is 0 Å². The minimum Gasteiger partial charge on any atom is -0.872 e. The van der Waals surface area contributed by atoms with Gasteiger partial charge in [0.25, 0.3) is 0 Å². The lowest BCUT2D eigenvalue weighted by atomic mass is 9.91. The van der Waals surface area contributed by atoms with Crippen molar-refractivity contribution in [3.05, 3.63) is 29.3 Å². The molecule has 1 aromatic rings. The van der Waals surface area contributed by atoms with Crippen LogP contribution in [0.2, 0.25) is 0 Å². The Kier molecular flexibility index (Phi) is 4.16. The topological polar surface area (TPSA) is 98.7 Å². The van der Waals surface area contributed by atoms with Crippen molar-refractivity contribution < 1.29 is 15.0 Å². The maximum absolute atomic E-state index is 11.6. The molecule has 0 spiro atoms. The maximum Gasteiger partial charge on any atom is 0.335 e. The van der Waals surface area contributed by atoms with Crippen molar-refractivity contribution in [2.75, 3.05) is 0 Å². The third kappa shape index (κ3) is 3.32. The average molecular weight is 261 g/mol. The normalized spacial score (nSPS) is 23.6. The molecule has 0 heterocycles. The number of rotatable bonds is 3. The highest BCUT2D eigenvalue weighted by Crippen LogP contribution is 2.20. The van der Waals surface area contributed by atoms with Gasteiger partial charge in [0, 0.05) is 12.3 Å². The number of carbonyl (C=O) groups is 1. The Balaban J connectivity index is 2.17. The summed E-state index contributed by atoms with van der Waals surface area (Å²) in [4.78, 5) is 15.2. The highest BCUT2D eigenvalue weighted by atomic mass is 16.4. The fraction of sp³-hybridized carbons (Fsp3) is 0.429. The molecule has 2 atom stereocenters. The second kappa shape index (κ2) is 5.84. The van der Waals surface area contributed by atoms with Crippen molar-refractivity contribution in [2.24, 2.45) is 10.7 Å². The molecule has 0 radical (unpaired) electrons. The molecular formula is C14H17N2O3-. The molecule has 0 amide bonds. The first-order valence-electron chi connectivity index (χ1n) is 6.41. The van der Waals surface area contributed by atoms with Crippen LogP contribution in [0.4, 0.5) is 0 Å². The highest BCUT2D eigenvalue weighted by molar-refractivity contribution is 5.92. The molecule has 102 valence electrons. The van der Waals surface area contributed by atoms with Crippen LogP contribution in [0, 0.1) is 0 Å². The first-order valence-corrected chi connectivity index (χ1v) is 6.41. The van der Waals surface area contributed by atoms with Crippen LogP contribution < -0.4 is 10.8 Å². The van der Waals surface area contributed by atoms with E-state index in [0.29, 0.717) is 5.56 Å². The fourth-order valence-corrected chi connectivity index (χ4v) is 2.28. The van der Waals surface area contributed by atoms with E-state index in [9.17, 15) is 9.90 Å². The van der Waals surface area contributed by atoms with Gasteiger partial charge in [0.05, 0.1) is 11.6 Å². The fourth-order valence-electron chi connectivity index (χ4n) is 2.28. The van der Waals surface area contributed by atoms with Crippen molar-refractivity contribution in [3.63, 3.8) is 0 Å². The number of hydrogen-bond donors (Lipinski definition) is 2. The van der Waals surface area contributed by atoms with Gasteiger partial charge in [-0.2, -0.15) is 0 Å². The molecule has 19 heavy (non-hydrogen) atoms. The number of carboxylic acids is 1. The van der Waals surface area contributed by atoms with Gasteiger partial charge < -0.3 is 15.9 Å². The number of carboxylic acid groups (broad SMARTS) is 1. The molecule has 0 saturated heterocycles. The lowest BCUT2D eigenvalue weighted by molar-refractivity contribution is -0.268. The summed E-state index contributed by atoms with van der Waals surface area (Å²) in [6.45, 7) is 0. The summed E-state index contributed by atoms with van der Waals surface area (Å²) >= 11 is 0. The zero-order valence-corrected chi connectivity index (χ0v) is 10.6. The first-order chi connectivity index (χ1) is 9.08. The van der Waals surface area contributed by atoms with Crippen LogP contribution >= 0.6 is 0 Å². The number of nitrogens with zero attached hydrogens (tertiary/aromatic N) is 1. The molecule has 3 N–H and O–H groups in total. The number of aliphatic imine (C=N–C) groups is 1. The summed E-state index contributed by atoms with van der Waals surface area (Å²) in [7, 11) is 0. The summed E-state index contributed by atoms with van der Waals surface area (Å²) in [6, 6.07) is 3.96. The van der Waals surface area contributed by atoms with Gasteiger partial charge in [-0.1, -0.05) is 18.9 Å². The van der Waals surface area contributed by atoms with Gasteiger partial charge >= 0.3 is 5.97 Å². The molecule has 2 rings (SSSR count). The Morgan fingerprint density at radius 2 is 2.16 bits per heavy atom. The van der Waals surface area contributed by atoms with E-state index in [2.05, 4.69) is 4.99 Å². The summed E-state index contributed by atoms with van der Waals surface area (Å²) in [5.74, 6) is -1.28. The van der Waals surface area contributed by atoms with Crippen LogP contribution in [-0.2, 0) is 0 Å². The largest absolute Gasteiger partial charge is 0.872 e. The highest BCUT2D eigenvalue weighted by Gasteiger charge is 2.20. The molecule has 1 aliphatic carbocycles. The van der Waals surface area contributed by atoms with E-state index in [-0.39, 0.29) is 23.4 Å². The number of hydrogen-bond acceptors (Lipinski definition) is 4. The van der Waals surface area contributed by atoms with Gasteiger partial charge in [-0.3, -0.25) is 4.99 Å². The molecule has 0 aliphatic heterocycles. The Bertz CT molecular complexity index is 499. The standard InChI is InChI=1S/C14H18N2O3/c15-11-3-1-2-4-12(11)16-8-10-7-9(14(18)19)5-6-13(10)17/h5-8,11-12,17H,1-4,15H2,(H,18,19)/p-1/t11-,12-/m1/s1. The minimum absolute atomic E-state index is 0.0293. The predicted molar refractivity (Wildman–Crippen MR) is 70.7 cm³/mol. The Morgan fingerprint density at radius 3 is 2.84 bits per heavy atom. The van der Waals surface area contributed by atoms with E-state index in [1.807, 2.05) is 0 Å². The second-order valence-corrected chi connectivity index (χ2v) is 4.85. The van der Waals surface area contributed by atoms with Crippen molar-refractivity contribution in [1.82, 2.24) is 0 Å². The molecule has 1 aliphatic rings. The van der Waals surface area contributed by atoms with Gasteiger partial charge in [0.15, 0.2) is 0 Å². The smallest absolute Gasteiger partial charge is 0.335 e. The summed E-state index contributed by atoms with van der Waals surface area (Å²) in [5.41, 5.74) is 6.37. The lowest BCUT2D eigenvalue weighted by Gasteiger charge is -2.25. The minimum atomic E-state index is -1.05. The third-order valence-corrected chi connectivity index (χ3v) is 3.44. The van der Waals surface area contributed by atoms with Crippen molar-refractivity contribution in [1.29, 1.82) is 0 Å². The zero-order chi connectivity index (χ0) is 13.8. The van der Waals surface area contributed by atoms with Crippen LogP contribution in [0.3, 0.4) is 0 Å². The van der Waals surface area contributed by atoms with E-state index in [0.717, 1.165) is 25.7 Å². The molecular weight excluding hydrogens is 244 g/mol. The Morgan fingerprint density at radius 1 is 1.42 bits per heavy atom. The second-order valence-electron chi connectivity index (χ2n) is 4.85. The van der Waals surface area contributed by atoms with E-state index >= 15 is 0 Å². The van der Waals surface area contributed by atoms with Gasteiger partial charge in [-0.15, -0.1) is 5.75 Å². The zero-order valence-electron chi connectivity index (χ0n) is 10.6. The first kappa shape index (κ1) is 13.5. The van der Waals surface area contributed by atoms with E-state index in [1.165, 1.54) is 24.4 Å². The Hall–Kier alpha value is -1.88. The van der Waals surface area contributed by atoms with Crippen LogP contribution in [-0.4, -0.2) is 29.4 Å². The van der Waals surface area contributed by atoms with Gasteiger partial charge in [0.2, 0.25) is 0 Å². The van der Waals surface area contributed by atoms with Gasteiger partial charge in [-0.25, -0.2) is 4.79 Å². The average Bonchev–Trinajstić information content (AvgIpc) is 2.39. The summed E-state index contributed by atoms with van der Waals surface area (Å²) < 4.78 is 0. The Labute approximate surface area is 111 Å². The van der Waals surface area contributed by atoms with E-state index in [4.69, 9.17) is 10.8 Å². The lowest BCUT2D eigenvalue weighted by Crippen LogP contribution is -2.36. The number of nitrogens with two attached hydrogens (primary N) is 1. The molecule has 1 saturated carbocycles. The molecule has 5 heteroatoms. The number of benzene rings is 1. The van der Waals surface area contributed by atoms with Crippen molar-refractivity contribution >= 4 is 12.2 Å². The van der Waals surface area contributed by atoms with Crippen LogP contribution in [0.1, 0.15) is 41.6 Å². The summed E-state index contributed by atoms with van der Waals surface area (Å²) in [6.07, 6.45) is 5.54. The third-order valence-electron chi connectivity index (χ3n) is 3.44. The predicted octanol–water partition coefficient (Wildman–Crippen LogP) is 1.15. The summed E-state index contributed by atoms with van der Waals surface area (Å²) in [5, 5.41) is 20.5.